The molecular weight excluding hydrogens is 200 g/mol. The second kappa shape index (κ2) is 6.33. The first-order valence-corrected chi connectivity index (χ1v) is 4.97. The minimum Gasteiger partial charge on any atom is -0.334 e. The van der Waals surface area contributed by atoms with E-state index in [1.807, 2.05) is 0 Å². The van der Waals surface area contributed by atoms with E-state index in [-0.39, 0.29) is 0 Å². The molecule has 0 aliphatic carbocycles. The molecule has 7 N–H and O–H groups in total. The molecule has 0 atom stereocenters. The third-order valence-corrected chi connectivity index (χ3v) is 1.68. The van der Waals surface area contributed by atoms with Crippen LogP contribution in [0.3, 0.4) is 0 Å². The molecular formula is C8H22N4O3. The van der Waals surface area contributed by atoms with E-state index in [4.69, 9.17) is 31.5 Å². The SMILES string of the molecule is CCONC(N)(N)C(N)(OCC)OCC. The Morgan fingerprint density at radius 1 is 0.933 bits per heavy atom. The summed E-state index contributed by atoms with van der Waals surface area (Å²) >= 11 is 0. The summed E-state index contributed by atoms with van der Waals surface area (Å²) in [6, 6.07) is 0. The Balaban J connectivity index is 4.55. The maximum atomic E-state index is 5.80. The van der Waals surface area contributed by atoms with Crippen LogP contribution < -0.4 is 22.7 Å². The molecule has 0 bridgehead atoms. The lowest BCUT2D eigenvalue weighted by Gasteiger charge is -2.41. The highest BCUT2D eigenvalue weighted by Gasteiger charge is 2.46. The molecule has 7 nitrogen and oxygen atoms in total. The summed E-state index contributed by atoms with van der Waals surface area (Å²) in [6.45, 7) is 6.34. The van der Waals surface area contributed by atoms with Crippen molar-refractivity contribution >= 4 is 0 Å². The zero-order valence-electron chi connectivity index (χ0n) is 9.58. The number of nitrogens with one attached hydrogen (secondary N) is 1. The van der Waals surface area contributed by atoms with E-state index < -0.39 is 11.7 Å². The number of hydrogen-bond donors (Lipinski definition) is 4. The average molecular weight is 222 g/mol. The summed E-state index contributed by atoms with van der Waals surface area (Å²) in [4.78, 5) is 4.90. The van der Waals surface area contributed by atoms with Crippen LogP contribution >= 0.6 is 0 Å². The topological polar surface area (TPSA) is 118 Å². The van der Waals surface area contributed by atoms with Crippen molar-refractivity contribution in [3.8, 4) is 0 Å². The van der Waals surface area contributed by atoms with Crippen molar-refractivity contribution in [3.05, 3.63) is 0 Å². The van der Waals surface area contributed by atoms with E-state index in [0.29, 0.717) is 19.8 Å². The zero-order valence-corrected chi connectivity index (χ0v) is 9.58. The predicted octanol–water partition coefficient (Wildman–Crippen LogP) is -1.22. The summed E-state index contributed by atoms with van der Waals surface area (Å²) in [7, 11) is 0. The first-order valence-electron chi connectivity index (χ1n) is 4.97. The van der Waals surface area contributed by atoms with Gasteiger partial charge in [0.1, 0.15) is 0 Å². The van der Waals surface area contributed by atoms with E-state index in [0.717, 1.165) is 0 Å². The second-order valence-corrected chi connectivity index (χ2v) is 2.94. The van der Waals surface area contributed by atoms with Crippen LogP contribution in [-0.2, 0) is 14.3 Å². The van der Waals surface area contributed by atoms with Gasteiger partial charge in [-0.05, 0) is 20.8 Å². The van der Waals surface area contributed by atoms with Gasteiger partial charge < -0.3 is 9.47 Å². The second-order valence-electron chi connectivity index (χ2n) is 2.94. The van der Waals surface area contributed by atoms with Crippen LogP contribution in [0.5, 0.6) is 0 Å². The van der Waals surface area contributed by atoms with Crippen molar-refractivity contribution in [2.45, 2.75) is 32.5 Å². The van der Waals surface area contributed by atoms with Crippen LogP contribution in [0.1, 0.15) is 20.8 Å². The fourth-order valence-corrected chi connectivity index (χ4v) is 0.972. The molecule has 0 unspecified atom stereocenters. The molecule has 7 heteroatoms. The van der Waals surface area contributed by atoms with E-state index in [1.54, 1.807) is 20.8 Å². The molecule has 15 heavy (non-hydrogen) atoms. The van der Waals surface area contributed by atoms with Gasteiger partial charge in [0.05, 0.1) is 6.61 Å². The van der Waals surface area contributed by atoms with Crippen LogP contribution in [0.15, 0.2) is 0 Å². The predicted molar refractivity (Wildman–Crippen MR) is 56.0 cm³/mol. The van der Waals surface area contributed by atoms with Gasteiger partial charge in [0, 0.05) is 13.2 Å². The highest BCUT2D eigenvalue weighted by atomic mass is 16.7. The molecule has 0 saturated carbocycles. The van der Waals surface area contributed by atoms with Crippen LogP contribution in [0.4, 0.5) is 0 Å². The smallest absolute Gasteiger partial charge is 0.274 e. The monoisotopic (exact) mass is 222 g/mol. The van der Waals surface area contributed by atoms with Gasteiger partial charge in [-0.1, -0.05) is 0 Å². The van der Waals surface area contributed by atoms with E-state index in [1.165, 1.54) is 0 Å². The number of ether oxygens (including phenoxy) is 2. The van der Waals surface area contributed by atoms with Gasteiger partial charge >= 0.3 is 0 Å². The molecule has 0 aromatic heterocycles. The molecule has 0 rings (SSSR count). The highest BCUT2D eigenvalue weighted by molar-refractivity contribution is 4.85. The van der Waals surface area contributed by atoms with Crippen LogP contribution in [-0.4, -0.2) is 31.5 Å². The number of nitrogens with two attached hydrogens (primary N) is 3. The summed E-state index contributed by atoms with van der Waals surface area (Å²) in [5, 5.41) is 0. The van der Waals surface area contributed by atoms with Crippen molar-refractivity contribution in [3.63, 3.8) is 0 Å². The third-order valence-electron chi connectivity index (χ3n) is 1.68. The maximum Gasteiger partial charge on any atom is 0.274 e. The highest BCUT2D eigenvalue weighted by Crippen LogP contribution is 2.13. The molecule has 0 radical (unpaired) electrons. The van der Waals surface area contributed by atoms with Crippen molar-refractivity contribution in [1.82, 2.24) is 5.48 Å². The number of hydrogen-bond acceptors (Lipinski definition) is 7. The minimum atomic E-state index is -1.63. The first-order chi connectivity index (χ1) is 6.93. The average Bonchev–Trinajstić information content (AvgIpc) is 2.15. The number of rotatable bonds is 8. The van der Waals surface area contributed by atoms with Gasteiger partial charge in [0.2, 0.25) is 5.79 Å². The summed E-state index contributed by atoms with van der Waals surface area (Å²) < 4.78 is 10.4. The van der Waals surface area contributed by atoms with E-state index in [2.05, 4.69) is 5.48 Å². The Morgan fingerprint density at radius 2 is 1.40 bits per heavy atom. The van der Waals surface area contributed by atoms with Gasteiger partial charge in [-0.25, -0.2) is 0 Å². The lowest BCUT2D eigenvalue weighted by molar-refractivity contribution is -0.291. The Bertz CT molecular complexity index is 171. The lowest BCUT2D eigenvalue weighted by atomic mass is 10.3. The fourth-order valence-electron chi connectivity index (χ4n) is 0.972. The fraction of sp³-hybridized carbons (Fsp3) is 1.00. The molecule has 0 aromatic rings. The minimum absolute atomic E-state index is 0.320. The largest absolute Gasteiger partial charge is 0.334 e. The molecule has 92 valence electrons. The van der Waals surface area contributed by atoms with Gasteiger partial charge in [0.15, 0.2) is 0 Å². The van der Waals surface area contributed by atoms with Gasteiger partial charge in [-0.15, -0.1) is 0 Å². The molecule has 0 spiro atoms. The zero-order chi connectivity index (χ0) is 11.9. The quantitative estimate of drug-likeness (QED) is 0.300. The molecule has 0 heterocycles. The van der Waals surface area contributed by atoms with Gasteiger partial charge in [-0.3, -0.25) is 22.0 Å². The molecule has 0 aliphatic rings. The van der Waals surface area contributed by atoms with Crippen molar-refractivity contribution in [2.75, 3.05) is 19.8 Å². The Labute approximate surface area is 90.2 Å². The Hall–Kier alpha value is -0.280. The van der Waals surface area contributed by atoms with Crippen LogP contribution in [0.25, 0.3) is 0 Å². The molecule has 0 amide bonds. The van der Waals surface area contributed by atoms with Crippen LogP contribution in [0, 0.1) is 0 Å². The molecule has 0 aliphatic heterocycles. The normalized spacial score (nSPS) is 13.2. The maximum absolute atomic E-state index is 5.80. The molecule has 0 aromatic carbocycles. The van der Waals surface area contributed by atoms with Crippen molar-refractivity contribution in [2.24, 2.45) is 17.2 Å². The van der Waals surface area contributed by atoms with Gasteiger partial charge in [-0.2, -0.15) is 5.48 Å². The summed E-state index contributed by atoms with van der Waals surface area (Å²) in [5.74, 6) is -3.26. The van der Waals surface area contributed by atoms with E-state index in [9.17, 15) is 0 Å². The van der Waals surface area contributed by atoms with Gasteiger partial charge in [0.25, 0.3) is 5.91 Å². The summed E-state index contributed by atoms with van der Waals surface area (Å²) in [6.07, 6.45) is 0. The first kappa shape index (κ1) is 14.7. The lowest BCUT2D eigenvalue weighted by Crippen LogP contribution is -2.80. The molecule has 0 fully saturated rings. The van der Waals surface area contributed by atoms with E-state index >= 15 is 0 Å². The standard InChI is InChI=1S/C8H22N4O3/c1-4-13-8(11,14-5-2)7(9,10)12-15-6-3/h12H,4-6,9-11H2,1-3H3. The number of hydroxylamine groups is 1. The Kier molecular flexibility index (Phi) is 6.22. The Morgan fingerprint density at radius 3 is 1.73 bits per heavy atom. The third kappa shape index (κ3) is 3.99. The summed E-state index contributed by atoms with van der Waals surface area (Å²) in [5.41, 5.74) is 19.6. The van der Waals surface area contributed by atoms with Crippen molar-refractivity contribution in [1.29, 1.82) is 0 Å². The molecule has 0 saturated heterocycles. The van der Waals surface area contributed by atoms with Crippen LogP contribution in [0.2, 0.25) is 0 Å². The van der Waals surface area contributed by atoms with Crippen molar-refractivity contribution < 1.29 is 14.3 Å².